The highest BCUT2D eigenvalue weighted by molar-refractivity contribution is 5.86. The van der Waals surface area contributed by atoms with Crippen molar-refractivity contribution < 1.29 is 10.0 Å². The summed E-state index contributed by atoms with van der Waals surface area (Å²) >= 11 is 0. The van der Waals surface area contributed by atoms with Crippen molar-refractivity contribution in [3.8, 4) is 0 Å². The van der Waals surface area contributed by atoms with Crippen LogP contribution in [0.3, 0.4) is 0 Å². The summed E-state index contributed by atoms with van der Waals surface area (Å²) in [6.45, 7) is 4.40. The molecule has 0 radical (unpaired) electrons. The van der Waals surface area contributed by atoms with Gasteiger partial charge in [-0.3, -0.25) is 14.9 Å². The number of rotatable bonds is 6. The zero-order valence-electron chi connectivity index (χ0n) is 12.4. The van der Waals surface area contributed by atoms with Gasteiger partial charge in [-0.25, -0.2) is 4.98 Å². The van der Waals surface area contributed by atoms with Gasteiger partial charge in [-0.05, 0) is 17.9 Å². The summed E-state index contributed by atoms with van der Waals surface area (Å²) in [5.74, 6) is 0. The highest BCUT2D eigenvalue weighted by atomic mass is 16.6. The summed E-state index contributed by atoms with van der Waals surface area (Å²) in [6.07, 6.45) is 1.83. The molecule has 3 N–H and O–H groups in total. The molecular formula is C14H18N4O4. The van der Waals surface area contributed by atoms with E-state index in [1.54, 1.807) is 0 Å². The number of aliphatic hydroxyl groups excluding tert-OH is 1. The molecule has 1 aromatic carbocycles. The van der Waals surface area contributed by atoms with Crippen molar-refractivity contribution in [2.24, 2.45) is 5.41 Å². The van der Waals surface area contributed by atoms with E-state index in [1.165, 1.54) is 18.5 Å². The fourth-order valence-corrected chi connectivity index (χ4v) is 2.12. The van der Waals surface area contributed by atoms with Crippen molar-refractivity contribution in [3.63, 3.8) is 0 Å². The van der Waals surface area contributed by atoms with Crippen molar-refractivity contribution in [3.05, 3.63) is 38.9 Å². The largest absolute Gasteiger partial charge is 0.396 e. The monoisotopic (exact) mass is 306 g/mol. The first-order valence-electron chi connectivity index (χ1n) is 6.84. The average molecular weight is 306 g/mol. The maximum absolute atomic E-state index is 11.7. The molecule has 0 spiro atoms. The number of fused-ring (bicyclic) bond motifs is 1. The van der Waals surface area contributed by atoms with Crippen LogP contribution in [0.5, 0.6) is 0 Å². The predicted octanol–water partition coefficient (Wildman–Crippen LogP) is 1.65. The van der Waals surface area contributed by atoms with Crippen LogP contribution in [0.1, 0.15) is 20.3 Å². The third kappa shape index (κ3) is 3.40. The first-order valence-corrected chi connectivity index (χ1v) is 6.84. The van der Waals surface area contributed by atoms with Crippen LogP contribution in [-0.4, -0.2) is 33.1 Å². The zero-order valence-corrected chi connectivity index (χ0v) is 12.4. The molecule has 0 saturated heterocycles. The van der Waals surface area contributed by atoms with Crippen molar-refractivity contribution in [1.82, 2.24) is 9.97 Å². The highest BCUT2D eigenvalue weighted by Gasteiger charge is 2.21. The molecule has 8 nitrogen and oxygen atoms in total. The Balaban J connectivity index is 2.42. The van der Waals surface area contributed by atoms with Crippen molar-refractivity contribution >= 4 is 22.3 Å². The molecule has 1 aromatic heterocycles. The van der Waals surface area contributed by atoms with Gasteiger partial charge in [0, 0.05) is 19.2 Å². The van der Waals surface area contributed by atoms with Gasteiger partial charge < -0.3 is 15.4 Å². The van der Waals surface area contributed by atoms with E-state index in [9.17, 15) is 14.9 Å². The molecule has 0 saturated carbocycles. The zero-order chi connectivity index (χ0) is 16.3. The van der Waals surface area contributed by atoms with Gasteiger partial charge in [-0.1, -0.05) is 13.8 Å². The maximum atomic E-state index is 11.7. The molecule has 0 amide bonds. The molecule has 2 aromatic rings. The van der Waals surface area contributed by atoms with Crippen LogP contribution in [0.15, 0.2) is 23.3 Å². The quantitative estimate of drug-likeness (QED) is 0.551. The number of aliphatic hydroxyl groups is 1. The van der Waals surface area contributed by atoms with Crippen molar-refractivity contribution in [2.75, 3.05) is 18.5 Å². The topological polar surface area (TPSA) is 121 Å². The average Bonchev–Trinajstić information content (AvgIpc) is 2.44. The van der Waals surface area contributed by atoms with Crippen LogP contribution < -0.4 is 10.9 Å². The molecule has 1 heterocycles. The minimum Gasteiger partial charge on any atom is -0.396 e. The Kier molecular flexibility index (Phi) is 4.41. The number of hydrogen-bond acceptors (Lipinski definition) is 6. The van der Waals surface area contributed by atoms with Crippen LogP contribution in [-0.2, 0) is 0 Å². The summed E-state index contributed by atoms with van der Waals surface area (Å²) in [5.41, 5.74) is -0.122. The number of nitro benzene ring substituents is 1. The van der Waals surface area contributed by atoms with Gasteiger partial charge in [-0.2, -0.15) is 0 Å². The van der Waals surface area contributed by atoms with E-state index in [4.69, 9.17) is 5.11 Å². The van der Waals surface area contributed by atoms with Gasteiger partial charge in [0.25, 0.3) is 11.2 Å². The summed E-state index contributed by atoms with van der Waals surface area (Å²) in [5, 5.41) is 23.5. The number of aromatic nitrogens is 2. The number of anilines is 1. The van der Waals surface area contributed by atoms with E-state index in [1.807, 2.05) is 13.8 Å². The van der Waals surface area contributed by atoms with Crippen molar-refractivity contribution in [2.45, 2.75) is 20.3 Å². The second-order valence-corrected chi connectivity index (χ2v) is 5.87. The lowest BCUT2D eigenvalue weighted by Crippen LogP contribution is -2.24. The molecule has 0 fully saturated rings. The smallest absolute Gasteiger partial charge is 0.293 e. The molecule has 0 aliphatic carbocycles. The molecule has 118 valence electrons. The molecule has 0 aliphatic rings. The molecule has 22 heavy (non-hydrogen) atoms. The lowest BCUT2D eigenvalue weighted by molar-refractivity contribution is -0.383. The minimum atomic E-state index is -0.534. The Hall–Kier alpha value is -2.48. The second-order valence-electron chi connectivity index (χ2n) is 5.87. The SMILES string of the molecule is CC(C)(CCO)CNc1cc2nc[nH]c(=O)c2cc1[N+](=O)[O-]. The third-order valence-corrected chi connectivity index (χ3v) is 3.50. The van der Waals surface area contributed by atoms with Crippen LogP contribution in [0.2, 0.25) is 0 Å². The first-order chi connectivity index (χ1) is 10.3. The van der Waals surface area contributed by atoms with Gasteiger partial charge in [0.2, 0.25) is 0 Å². The highest BCUT2D eigenvalue weighted by Crippen LogP contribution is 2.29. The summed E-state index contributed by atoms with van der Waals surface area (Å²) < 4.78 is 0. The summed E-state index contributed by atoms with van der Waals surface area (Å²) in [6, 6.07) is 2.72. The Bertz CT molecular complexity index is 754. The number of nitrogens with zero attached hydrogens (tertiary/aromatic N) is 2. The third-order valence-electron chi connectivity index (χ3n) is 3.50. The molecule has 0 bridgehead atoms. The van der Waals surface area contributed by atoms with E-state index in [0.717, 1.165) is 0 Å². The molecule has 0 unspecified atom stereocenters. The normalized spacial score (nSPS) is 11.6. The second kappa shape index (κ2) is 6.10. The number of hydrogen-bond donors (Lipinski definition) is 3. The lowest BCUT2D eigenvalue weighted by atomic mass is 9.89. The van der Waals surface area contributed by atoms with Crippen LogP contribution in [0, 0.1) is 15.5 Å². The van der Waals surface area contributed by atoms with Gasteiger partial charge in [0.15, 0.2) is 0 Å². The van der Waals surface area contributed by atoms with E-state index < -0.39 is 10.5 Å². The molecule has 2 rings (SSSR count). The van der Waals surface area contributed by atoms with Gasteiger partial charge >= 0.3 is 0 Å². The number of nitrogens with one attached hydrogen (secondary N) is 2. The first kappa shape index (κ1) is 15.9. The molecule has 0 atom stereocenters. The Morgan fingerprint density at radius 3 is 2.82 bits per heavy atom. The summed E-state index contributed by atoms with van der Waals surface area (Å²) in [7, 11) is 0. The fourth-order valence-electron chi connectivity index (χ4n) is 2.12. The Labute approximate surface area is 126 Å². The van der Waals surface area contributed by atoms with Crippen LogP contribution >= 0.6 is 0 Å². The molecule has 0 aliphatic heterocycles. The standard InChI is InChI=1S/C14H18N4O4/c1-14(2,3-4-19)7-15-11-6-10-9(5-12(11)18(21)22)13(20)17-8-16-10/h5-6,8,15,19H,3-4,7H2,1-2H3,(H,16,17,20). The van der Waals surface area contributed by atoms with E-state index >= 15 is 0 Å². The van der Waals surface area contributed by atoms with Gasteiger partial charge in [-0.15, -0.1) is 0 Å². The minimum absolute atomic E-state index is 0.0470. The number of benzene rings is 1. The molecule has 8 heteroatoms. The number of H-pyrrole nitrogens is 1. The predicted molar refractivity (Wildman–Crippen MR) is 83.0 cm³/mol. The number of aromatic amines is 1. The lowest BCUT2D eigenvalue weighted by Gasteiger charge is -2.24. The van der Waals surface area contributed by atoms with E-state index in [0.29, 0.717) is 24.2 Å². The maximum Gasteiger partial charge on any atom is 0.293 e. The Morgan fingerprint density at radius 2 is 2.18 bits per heavy atom. The molecular weight excluding hydrogens is 288 g/mol. The van der Waals surface area contributed by atoms with Crippen molar-refractivity contribution in [1.29, 1.82) is 0 Å². The van der Waals surface area contributed by atoms with Crippen LogP contribution in [0.25, 0.3) is 10.9 Å². The summed E-state index contributed by atoms with van der Waals surface area (Å²) in [4.78, 5) is 28.8. The van der Waals surface area contributed by atoms with Gasteiger partial charge in [0.05, 0.1) is 22.2 Å². The fraction of sp³-hybridized carbons (Fsp3) is 0.429. The van der Waals surface area contributed by atoms with Crippen LogP contribution in [0.4, 0.5) is 11.4 Å². The number of nitro groups is 1. The van der Waals surface area contributed by atoms with E-state index in [2.05, 4.69) is 15.3 Å². The van der Waals surface area contributed by atoms with E-state index in [-0.39, 0.29) is 23.1 Å². The van der Waals surface area contributed by atoms with Gasteiger partial charge in [0.1, 0.15) is 5.69 Å². The Morgan fingerprint density at radius 1 is 1.45 bits per heavy atom.